The highest BCUT2D eigenvalue weighted by atomic mass is 16.6. The van der Waals surface area contributed by atoms with Gasteiger partial charge in [0.25, 0.3) is 0 Å². The Morgan fingerprint density at radius 3 is 0.984 bits per heavy atom. The second kappa shape index (κ2) is 53.0. The van der Waals surface area contributed by atoms with E-state index in [1.807, 2.05) is 0 Å². The van der Waals surface area contributed by atoms with Gasteiger partial charge in [0.2, 0.25) is 0 Å². The zero-order valence-corrected chi connectivity index (χ0v) is 42.6. The predicted octanol–water partition coefficient (Wildman–Crippen LogP) is 18.3. The second-order valence-electron chi connectivity index (χ2n) is 18.5. The summed E-state index contributed by atoms with van der Waals surface area (Å²) < 4.78 is 16.8. The van der Waals surface area contributed by atoms with Crippen LogP contribution >= 0.6 is 0 Å². The molecular weight excluding hydrogens is 793 g/mol. The fourth-order valence-corrected chi connectivity index (χ4v) is 7.92. The SMILES string of the molecule is CC/C=C\C/C=C\C/C=C\CCCCCCCC(=O)O[C@H](COC(=O)CCCCCCC/C=C\CCCCCC)COC(=O)CCCCCCCCCCCCCCCCCCCC. The van der Waals surface area contributed by atoms with E-state index in [-0.39, 0.29) is 31.1 Å². The fourth-order valence-electron chi connectivity index (χ4n) is 7.92. The van der Waals surface area contributed by atoms with Gasteiger partial charge >= 0.3 is 17.9 Å². The molecule has 0 aliphatic heterocycles. The molecule has 0 bridgehead atoms. The summed E-state index contributed by atoms with van der Waals surface area (Å²) in [6, 6.07) is 0. The van der Waals surface area contributed by atoms with Gasteiger partial charge in [0.1, 0.15) is 13.2 Å². The molecule has 0 heterocycles. The van der Waals surface area contributed by atoms with Crippen LogP contribution in [0.15, 0.2) is 48.6 Å². The minimum atomic E-state index is -0.783. The highest BCUT2D eigenvalue weighted by molar-refractivity contribution is 5.71. The summed E-state index contributed by atoms with van der Waals surface area (Å²) in [5.74, 6) is -0.895. The maximum Gasteiger partial charge on any atom is 0.306 e. The van der Waals surface area contributed by atoms with Crippen LogP contribution in [0.3, 0.4) is 0 Å². The summed E-state index contributed by atoms with van der Waals surface area (Å²) in [4.78, 5) is 38.1. The molecule has 0 aliphatic carbocycles. The average molecular weight is 897 g/mol. The van der Waals surface area contributed by atoms with Gasteiger partial charge < -0.3 is 14.2 Å². The molecule has 0 aromatic heterocycles. The highest BCUT2D eigenvalue weighted by Gasteiger charge is 2.19. The van der Waals surface area contributed by atoms with E-state index in [1.54, 1.807) is 0 Å². The minimum Gasteiger partial charge on any atom is -0.462 e. The lowest BCUT2D eigenvalue weighted by atomic mass is 10.0. The Morgan fingerprint density at radius 2 is 0.609 bits per heavy atom. The van der Waals surface area contributed by atoms with Crippen LogP contribution in [-0.4, -0.2) is 37.2 Å². The second-order valence-corrected chi connectivity index (χ2v) is 18.5. The van der Waals surface area contributed by atoms with E-state index < -0.39 is 6.10 Å². The number of hydrogen-bond donors (Lipinski definition) is 0. The third kappa shape index (κ3) is 50.4. The van der Waals surface area contributed by atoms with Gasteiger partial charge in [-0.1, -0.05) is 236 Å². The number of allylic oxidation sites excluding steroid dienone is 8. The molecule has 372 valence electrons. The molecule has 0 radical (unpaired) electrons. The van der Waals surface area contributed by atoms with E-state index in [0.717, 1.165) is 103 Å². The van der Waals surface area contributed by atoms with E-state index >= 15 is 0 Å². The molecule has 0 unspecified atom stereocenters. The number of ether oxygens (including phenoxy) is 3. The minimum absolute atomic E-state index is 0.0801. The van der Waals surface area contributed by atoms with Crippen LogP contribution in [0.5, 0.6) is 0 Å². The van der Waals surface area contributed by atoms with Crippen LogP contribution in [0.25, 0.3) is 0 Å². The predicted molar refractivity (Wildman–Crippen MR) is 275 cm³/mol. The first kappa shape index (κ1) is 61.4. The first-order chi connectivity index (χ1) is 31.5. The largest absolute Gasteiger partial charge is 0.462 e. The van der Waals surface area contributed by atoms with E-state index in [2.05, 4.69) is 69.4 Å². The average Bonchev–Trinajstić information content (AvgIpc) is 3.29. The van der Waals surface area contributed by atoms with Crippen LogP contribution in [0.4, 0.5) is 0 Å². The number of carbonyl (C=O) groups is 3. The van der Waals surface area contributed by atoms with Crippen molar-refractivity contribution in [3.05, 3.63) is 48.6 Å². The standard InChI is InChI=1S/C58H104O6/c1-4-7-10-13-16-19-22-25-27-28-29-31-33-36-39-42-45-48-51-57(60)63-54-55(53-62-56(59)50-47-44-41-38-35-32-24-21-18-15-12-9-6-3)64-58(61)52-49-46-43-40-37-34-30-26-23-20-17-14-11-8-5-2/h8,11,17,20-21,24,26,30,55H,4-7,9-10,12-16,18-19,22-23,25,27-29,31-54H2,1-3H3/b11-8-,20-17-,24-21-,30-26-/t55-/m1/s1. The zero-order chi connectivity index (χ0) is 46.5. The maximum atomic E-state index is 12.8. The fraction of sp³-hybridized carbons (Fsp3) is 0.810. The normalized spacial score (nSPS) is 12.4. The molecule has 6 nitrogen and oxygen atoms in total. The van der Waals surface area contributed by atoms with E-state index in [1.165, 1.54) is 141 Å². The lowest BCUT2D eigenvalue weighted by molar-refractivity contribution is -0.167. The lowest BCUT2D eigenvalue weighted by Gasteiger charge is -2.18. The summed E-state index contributed by atoms with van der Waals surface area (Å²) >= 11 is 0. The van der Waals surface area contributed by atoms with Crippen molar-refractivity contribution < 1.29 is 28.6 Å². The number of unbranched alkanes of at least 4 members (excludes halogenated alkanes) is 31. The van der Waals surface area contributed by atoms with Gasteiger partial charge in [-0.3, -0.25) is 14.4 Å². The van der Waals surface area contributed by atoms with Gasteiger partial charge in [-0.2, -0.15) is 0 Å². The third-order valence-corrected chi connectivity index (χ3v) is 12.1. The smallest absolute Gasteiger partial charge is 0.306 e. The molecule has 1 atom stereocenters. The van der Waals surface area contributed by atoms with Crippen LogP contribution < -0.4 is 0 Å². The van der Waals surface area contributed by atoms with Gasteiger partial charge in [0.05, 0.1) is 0 Å². The molecule has 0 saturated heterocycles. The van der Waals surface area contributed by atoms with E-state index in [4.69, 9.17) is 14.2 Å². The Hall–Kier alpha value is -2.63. The molecule has 0 spiro atoms. The van der Waals surface area contributed by atoms with E-state index in [9.17, 15) is 14.4 Å². The van der Waals surface area contributed by atoms with Gasteiger partial charge in [-0.05, 0) is 77.0 Å². The highest BCUT2D eigenvalue weighted by Crippen LogP contribution is 2.16. The number of rotatable bonds is 50. The summed E-state index contributed by atoms with van der Waals surface area (Å²) in [6.07, 6.45) is 63.8. The number of esters is 3. The molecule has 64 heavy (non-hydrogen) atoms. The van der Waals surface area contributed by atoms with Gasteiger partial charge in [-0.25, -0.2) is 0 Å². The quantitative estimate of drug-likeness (QED) is 0.0262. The van der Waals surface area contributed by atoms with Crippen LogP contribution in [0.2, 0.25) is 0 Å². The van der Waals surface area contributed by atoms with Crippen molar-refractivity contribution in [3.8, 4) is 0 Å². The summed E-state index contributed by atoms with van der Waals surface area (Å²) in [5.41, 5.74) is 0. The molecule has 0 aliphatic rings. The molecule has 0 aromatic carbocycles. The Labute approximate surface area is 397 Å². The van der Waals surface area contributed by atoms with Crippen molar-refractivity contribution in [1.29, 1.82) is 0 Å². The molecule has 0 saturated carbocycles. The molecule has 0 amide bonds. The van der Waals surface area contributed by atoms with Crippen molar-refractivity contribution in [2.45, 2.75) is 290 Å². The Morgan fingerprint density at radius 1 is 0.328 bits per heavy atom. The van der Waals surface area contributed by atoms with Crippen LogP contribution in [0.1, 0.15) is 284 Å². The van der Waals surface area contributed by atoms with Crippen LogP contribution in [0, 0.1) is 0 Å². The van der Waals surface area contributed by atoms with Gasteiger partial charge in [0, 0.05) is 19.3 Å². The van der Waals surface area contributed by atoms with Gasteiger partial charge in [-0.15, -0.1) is 0 Å². The first-order valence-electron chi connectivity index (χ1n) is 27.6. The molecule has 0 fully saturated rings. The van der Waals surface area contributed by atoms with Crippen molar-refractivity contribution in [2.75, 3.05) is 13.2 Å². The molecule has 0 N–H and O–H groups in total. The monoisotopic (exact) mass is 897 g/mol. The van der Waals surface area contributed by atoms with Crippen LogP contribution in [-0.2, 0) is 28.6 Å². The van der Waals surface area contributed by atoms with Gasteiger partial charge in [0.15, 0.2) is 6.10 Å². The van der Waals surface area contributed by atoms with Crippen molar-refractivity contribution >= 4 is 17.9 Å². The molecule has 6 heteroatoms. The number of hydrogen-bond acceptors (Lipinski definition) is 6. The number of carbonyl (C=O) groups excluding carboxylic acids is 3. The Balaban J connectivity index is 4.36. The first-order valence-corrected chi connectivity index (χ1v) is 27.6. The molecule has 0 rings (SSSR count). The van der Waals surface area contributed by atoms with Crippen molar-refractivity contribution in [3.63, 3.8) is 0 Å². The summed E-state index contributed by atoms with van der Waals surface area (Å²) in [6.45, 7) is 6.52. The third-order valence-electron chi connectivity index (χ3n) is 12.1. The molecule has 0 aromatic rings. The zero-order valence-electron chi connectivity index (χ0n) is 42.6. The summed E-state index contributed by atoms with van der Waals surface area (Å²) in [7, 11) is 0. The topological polar surface area (TPSA) is 78.9 Å². The lowest BCUT2D eigenvalue weighted by Crippen LogP contribution is -2.30. The Bertz CT molecular complexity index is 1120. The Kier molecular flexibility index (Phi) is 50.8. The maximum absolute atomic E-state index is 12.8. The van der Waals surface area contributed by atoms with Crippen molar-refractivity contribution in [2.24, 2.45) is 0 Å². The van der Waals surface area contributed by atoms with Crippen molar-refractivity contribution in [1.82, 2.24) is 0 Å². The summed E-state index contributed by atoms with van der Waals surface area (Å²) in [5, 5.41) is 0. The van der Waals surface area contributed by atoms with E-state index in [0.29, 0.717) is 19.3 Å². The molecular formula is C58H104O6.